The third-order valence-corrected chi connectivity index (χ3v) is 8.04. The predicted molar refractivity (Wildman–Crippen MR) is 166 cm³/mol. The van der Waals surface area contributed by atoms with Gasteiger partial charge in [0.2, 0.25) is 0 Å². The summed E-state index contributed by atoms with van der Waals surface area (Å²) in [6.45, 7) is 6.65. The van der Waals surface area contributed by atoms with Gasteiger partial charge in [-0.2, -0.15) is 13.2 Å². The molecule has 44 heavy (non-hydrogen) atoms. The van der Waals surface area contributed by atoms with Crippen LogP contribution >= 0.6 is 0 Å². The molecule has 0 aromatic heterocycles. The molecule has 1 unspecified atom stereocenters. The van der Waals surface area contributed by atoms with Gasteiger partial charge in [-0.1, -0.05) is 60.7 Å². The number of nitrogens with one attached hydrogen (secondary N) is 1. The SMILES string of the molecule is COC(=O)C(c1ccccc1)N1CCN(c2cc(C)c(NC(=O)c3ccccc3-c3ccc(C(F)(F)F)cc3)c(C)c2)CC1. The minimum absolute atomic E-state index is 0.281. The van der Waals surface area contributed by atoms with E-state index < -0.39 is 17.8 Å². The van der Waals surface area contributed by atoms with Crippen LogP contribution < -0.4 is 10.2 Å². The molecule has 0 saturated carbocycles. The molecule has 0 bridgehead atoms. The summed E-state index contributed by atoms with van der Waals surface area (Å²) >= 11 is 0. The number of hydrogen-bond donors (Lipinski definition) is 1. The van der Waals surface area contributed by atoms with Crippen LogP contribution in [-0.2, 0) is 15.7 Å². The van der Waals surface area contributed by atoms with Crippen molar-refractivity contribution in [3.63, 3.8) is 0 Å². The van der Waals surface area contributed by atoms with Gasteiger partial charge in [0.15, 0.2) is 0 Å². The molecular weight excluding hydrogens is 567 g/mol. The summed E-state index contributed by atoms with van der Waals surface area (Å²) in [4.78, 5) is 30.6. The molecule has 1 aliphatic heterocycles. The van der Waals surface area contributed by atoms with E-state index in [2.05, 4.69) is 15.1 Å². The van der Waals surface area contributed by atoms with Gasteiger partial charge >= 0.3 is 12.1 Å². The minimum Gasteiger partial charge on any atom is -0.468 e. The second kappa shape index (κ2) is 12.9. The molecule has 4 aromatic rings. The summed E-state index contributed by atoms with van der Waals surface area (Å²) in [6, 6.07) is 24.9. The first kappa shape index (κ1) is 30.8. The normalized spacial score (nSPS) is 14.6. The summed E-state index contributed by atoms with van der Waals surface area (Å²) in [5.74, 6) is -0.626. The average molecular weight is 602 g/mol. The molecule has 9 heteroatoms. The summed E-state index contributed by atoms with van der Waals surface area (Å²) in [7, 11) is 1.41. The van der Waals surface area contributed by atoms with Gasteiger partial charge in [0.05, 0.1) is 12.7 Å². The molecule has 6 nitrogen and oxygen atoms in total. The highest BCUT2D eigenvalue weighted by molar-refractivity contribution is 6.09. The Morgan fingerprint density at radius 3 is 2.00 bits per heavy atom. The van der Waals surface area contributed by atoms with Gasteiger partial charge in [0.1, 0.15) is 6.04 Å². The van der Waals surface area contributed by atoms with Gasteiger partial charge < -0.3 is 15.0 Å². The van der Waals surface area contributed by atoms with Crippen LogP contribution in [-0.4, -0.2) is 50.1 Å². The number of carbonyl (C=O) groups excluding carboxylic acids is 2. The highest BCUT2D eigenvalue weighted by atomic mass is 19.4. The maximum absolute atomic E-state index is 13.5. The van der Waals surface area contributed by atoms with Gasteiger partial charge in [0.25, 0.3) is 5.91 Å². The van der Waals surface area contributed by atoms with Crippen LogP contribution in [0.3, 0.4) is 0 Å². The van der Waals surface area contributed by atoms with Crippen LogP contribution in [0.2, 0.25) is 0 Å². The number of carbonyl (C=O) groups is 2. The van der Waals surface area contributed by atoms with Crippen molar-refractivity contribution in [3.8, 4) is 11.1 Å². The third-order valence-electron chi connectivity index (χ3n) is 8.04. The first-order chi connectivity index (χ1) is 21.1. The van der Waals surface area contributed by atoms with Gasteiger partial charge in [-0.25, -0.2) is 4.79 Å². The smallest absolute Gasteiger partial charge is 0.416 e. The fourth-order valence-corrected chi connectivity index (χ4v) is 5.75. The molecule has 4 aromatic carbocycles. The highest BCUT2D eigenvalue weighted by Crippen LogP contribution is 2.33. The van der Waals surface area contributed by atoms with Gasteiger partial charge in [-0.15, -0.1) is 0 Å². The van der Waals surface area contributed by atoms with Gasteiger partial charge in [-0.05, 0) is 72.0 Å². The van der Waals surface area contributed by atoms with E-state index in [1.54, 1.807) is 24.3 Å². The number of alkyl halides is 3. The Morgan fingerprint density at radius 2 is 1.41 bits per heavy atom. The number of benzene rings is 4. The van der Waals surface area contributed by atoms with Gasteiger partial charge in [0, 0.05) is 43.1 Å². The van der Waals surface area contributed by atoms with Crippen molar-refractivity contribution in [3.05, 3.63) is 119 Å². The van der Waals surface area contributed by atoms with Crippen molar-refractivity contribution in [2.24, 2.45) is 0 Å². The topological polar surface area (TPSA) is 61.9 Å². The number of ether oxygens (including phenoxy) is 1. The average Bonchev–Trinajstić information content (AvgIpc) is 3.03. The van der Waals surface area contributed by atoms with Crippen molar-refractivity contribution < 1.29 is 27.5 Å². The van der Waals surface area contributed by atoms with Gasteiger partial charge in [-0.3, -0.25) is 9.69 Å². The Kier molecular flexibility index (Phi) is 9.06. The number of methoxy groups -OCH3 is 1. The minimum atomic E-state index is -4.43. The molecule has 0 spiro atoms. The summed E-state index contributed by atoms with van der Waals surface area (Å²) < 4.78 is 44.3. The zero-order valence-corrected chi connectivity index (χ0v) is 24.8. The highest BCUT2D eigenvalue weighted by Gasteiger charge is 2.32. The first-order valence-electron chi connectivity index (χ1n) is 14.4. The number of nitrogens with zero attached hydrogens (tertiary/aromatic N) is 2. The molecule has 0 aliphatic carbocycles. The number of hydrogen-bond acceptors (Lipinski definition) is 5. The number of anilines is 2. The Labute approximate surface area is 255 Å². The maximum atomic E-state index is 13.5. The maximum Gasteiger partial charge on any atom is 0.416 e. The zero-order valence-electron chi connectivity index (χ0n) is 24.8. The molecule has 1 amide bonds. The van der Waals surface area contributed by atoms with Crippen LogP contribution in [0.1, 0.15) is 38.7 Å². The molecule has 1 N–H and O–H groups in total. The molecule has 1 heterocycles. The number of esters is 1. The second-order valence-electron chi connectivity index (χ2n) is 10.9. The van der Waals surface area contributed by atoms with Crippen LogP contribution in [0.15, 0.2) is 91.0 Å². The molecular formula is C35H34F3N3O3. The third kappa shape index (κ3) is 6.63. The largest absolute Gasteiger partial charge is 0.468 e. The summed E-state index contributed by atoms with van der Waals surface area (Å²) in [5.41, 5.74) is 5.09. The Hall–Kier alpha value is -4.63. The fraction of sp³-hybridized carbons (Fsp3) is 0.257. The first-order valence-corrected chi connectivity index (χ1v) is 14.4. The molecule has 1 atom stereocenters. The van der Waals surface area contributed by atoms with E-state index in [9.17, 15) is 22.8 Å². The Bertz CT molecular complexity index is 1610. The monoisotopic (exact) mass is 601 g/mol. The molecule has 1 aliphatic rings. The number of amides is 1. The second-order valence-corrected chi connectivity index (χ2v) is 10.9. The van der Waals surface area contributed by atoms with E-state index in [-0.39, 0.29) is 11.9 Å². The summed E-state index contributed by atoms with van der Waals surface area (Å²) in [5, 5.41) is 3.03. The quantitative estimate of drug-likeness (QED) is 0.226. The Balaban J connectivity index is 1.30. The summed E-state index contributed by atoms with van der Waals surface area (Å²) in [6.07, 6.45) is -4.43. The number of halogens is 3. The Morgan fingerprint density at radius 1 is 0.818 bits per heavy atom. The van der Waals surface area contributed by atoms with E-state index in [4.69, 9.17) is 4.74 Å². The molecule has 5 rings (SSSR count). The molecule has 1 fully saturated rings. The lowest BCUT2D eigenvalue weighted by Crippen LogP contribution is -2.49. The van der Waals surface area contributed by atoms with E-state index in [1.165, 1.54) is 19.2 Å². The molecule has 228 valence electrons. The van der Waals surface area contributed by atoms with Crippen LogP contribution in [0.25, 0.3) is 11.1 Å². The van der Waals surface area contributed by atoms with E-state index >= 15 is 0 Å². The lowest BCUT2D eigenvalue weighted by molar-refractivity contribution is -0.147. The molecule has 0 radical (unpaired) electrons. The van der Waals surface area contributed by atoms with E-state index in [0.29, 0.717) is 48.6 Å². The number of piperazine rings is 1. The van der Waals surface area contributed by atoms with Crippen LogP contribution in [0, 0.1) is 13.8 Å². The van der Waals surface area contributed by atoms with Crippen molar-refractivity contribution in [1.82, 2.24) is 4.90 Å². The zero-order chi connectivity index (χ0) is 31.4. The van der Waals surface area contributed by atoms with Crippen molar-refractivity contribution >= 4 is 23.3 Å². The predicted octanol–water partition coefficient (Wildman–Crippen LogP) is 7.28. The van der Waals surface area contributed by atoms with Crippen LogP contribution in [0.4, 0.5) is 24.5 Å². The lowest BCUT2D eigenvalue weighted by atomic mass is 9.97. The fourth-order valence-electron chi connectivity index (χ4n) is 5.75. The number of aryl methyl sites for hydroxylation is 2. The van der Waals surface area contributed by atoms with Crippen molar-refractivity contribution in [1.29, 1.82) is 0 Å². The number of rotatable bonds is 7. The van der Waals surface area contributed by atoms with E-state index in [0.717, 1.165) is 34.5 Å². The molecule has 1 saturated heterocycles. The van der Waals surface area contributed by atoms with Crippen molar-refractivity contribution in [2.45, 2.75) is 26.1 Å². The van der Waals surface area contributed by atoms with E-state index in [1.807, 2.05) is 56.3 Å². The van der Waals surface area contributed by atoms with Crippen LogP contribution in [0.5, 0.6) is 0 Å². The van der Waals surface area contributed by atoms with Crippen molar-refractivity contribution in [2.75, 3.05) is 43.5 Å². The lowest BCUT2D eigenvalue weighted by Gasteiger charge is -2.39. The standard InChI is InChI=1S/C35H34F3N3O3/c1-23-21-28(40-17-19-41(20-18-40)32(34(43)44-3)26-9-5-4-6-10-26)22-24(2)31(23)39-33(42)30-12-8-7-11-29(30)25-13-15-27(16-14-25)35(36,37)38/h4-16,21-22,32H,17-20H2,1-3H3,(H,39,42).